The number of aryl methyl sites for hydroxylation is 1. The van der Waals surface area contributed by atoms with E-state index in [1.54, 1.807) is 47.0 Å². The Morgan fingerprint density at radius 3 is 2.87 bits per heavy atom. The van der Waals surface area contributed by atoms with Gasteiger partial charge in [-0.25, -0.2) is 9.78 Å². The highest BCUT2D eigenvalue weighted by atomic mass is 32.1. The second kappa shape index (κ2) is 6.34. The standard InChI is InChI=1S/C17H16N2O3S/c1-11-15(23-10-18-11)7-8-19(2)16(20)13-9-12-5-3-4-6-14(12)22-17(13)21/h3-6,9-10H,7-8H2,1-2H3. The minimum atomic E-state index is -0.602. The van der Waals surface area contributed by atoms with Gasteiger partial charge in [-0.1, -0.05) is 18.2 Å². The summed E-state index contributed by atoms with van der Waals surface area (Å²) in [4.78, 5) is 31.4. The van der Waals surface area contributed by atoms with Crippen molar-refractivity contribution in [3.63, 3.8) is 0 Å². The molecule has 118 valence electrons. The third kappa shape index (κ3) is 3.17. The van der Waals surface area contributed by atoms with E-state index >= 15 is 0 Å². The number of para-hydroxylation sites is 1. The summed E-state index contributed by atoms with van der Waals surface area (Å²) in [6.45, 7) is 2.47. The van der Waals surface area contributed by atoms with E-state index in [4.69, 9.17) is 4.42 Å². The van der Waals surface area contributed by atoms with Crippen LogP contribution in [0.1, 0.15) is 20.9 Å². The Labute approximate surface area is 137 Å². The average Bonchev–Trinajstić information content (AvgIpc) is 2.96. The van der Waals surface area contributed by atoms with E-state index in [9.17, 15) is 9.59 Å². The Morgan fingerprint density at radius 2 is 2.13 bits per heavy atom. The largest absolute Gasteiger partial charge is 0.422 e. The van der Waals surface area contributed by atoms with E-state index in [1.165, 1.54) is 0 Å². The molecule has 0 aliphatic heterocycles. The Hall–Kier alpha value is -2.47. The van der Waals surface area contributed by atoms with Crippen molar-refractivity contribution in [1.29, 1.82) is 0 Å². The molecule has 0 aliphatic rings. The molecule has 1 aromatic carbocycles. The maximum absolute atomic E-state index is 12.5. The van der Waals surface area contributed by atoms with E-state index in [-0.39, 0.29) is 11.5 Å². The fourth-order valence-electron chi connectivity index (χ4n) is 2.35. The lowest BCUT2D eigenvalue weighted by Crippen LogP contribution is -2.32. The van der Waals surface area contributed by atoms with E-state index in [0.717, 1.165) is 22.4 Å². The molecule has 0 fully saturated rings. The van der Waals surface area contributed by atoms with Gasteiger partial charge < -0.3 is 9.32 Å². The van der Waals surface area contributed by atoms with Gasteiger partial charge in [0, 0.05) is 30.3 Å². The predicted molar refractivity (Wildman–Crippen MR) is 90.0 cm³/mol. The van der Waals surface area contributed by atoms with E-state index in [2.05, 4.69) is 4.98 Å². The molecule has 0 aliphatic carbocycles. The van der Waals surface area contributed by atoms with Gasteiger partial charge in [0.2, 0.25) is 0 Å². The first-order valence-electron chi connectivity index (χ1n) is 7.23. The second-order valence-corrected chi connectivity index (χ2v) is 6.26. The van der Waals surface area contributed by atoms with Crippen LogP contribution in [0, 0.1) is 6.92 Å². The van der Waals surface area contributed by atoms with Crippen LogP contribution in [-0.2, 0) is 6.42 Å². The molecule has 0 unspecified atom stereocenters. The predicted octanol–water partition coefficient (Wildman–Crippen LogP) is 2.87. The molecule has 6 heteroatoms. The highest BCUT2D eigenvalue weighted by molar-refractivity contribution is 7.09. The lowest BCUT2D eigenvalue weighted by atomic mass is 10.1. The second-order valence-electron chi connectivity index (χ2n) is 5.32. The number of hydrogen-bond acceptors (Lipinski definition) is 5. The molecule has 0 radical (unpaired) electrons. The van der Waals surface area contributed by atoms with Gasteiger partial charge in [0.1, 0.15) is 11.1 Å². The number of carbonyl (C=O) groups is 1. The summed E-state index contributed by atoms with van der Waals surface area (Å²) in [7, 11) is 1.69. The highest BCUT2D eigenvalue weighted by Crippen LogP contribution is 2.15. The van der Waals surface area contributed by atoms with Crippen LogP contribution in [0.2, 0.25) is 0 Å². The maximum Gasteiger partial charge on any atom is 0.349 e. The van der Waals surface area contributed by atoms with Crippen molar-refractivity contribution in [3.8, 4) is 0 Å². The van der Waals surface area contributed by atoms with Crippen molar-refractivity contribution >= 4 is 28.2 Å². The van der Waals surface area contributed by atoms with Crippen LogP contribution in [0.3, 0.4) is 0 Å². The molecular weight excluding hydrogens is 312 g/mol. The number of benzene rings is 1. The number of hydrogen-bond donors (Lipinski definition) is 0. The van der Waals surface area contributed by atoms with E-state index < -0.39 is 5.63 Å². The van der Waals surface area contributed by atoms with Crippen LogP contribution in [0.25, 0.3) is 11.0 Å². The number of amides is 1. The van der Waals surface area contributed by atoms with Gasteiger partial charge in [0.25, 0.3) is 5.91 Å². The molecule has 0 N–H and O–H groups in total. The minimum absolute atomic E-state index is 0.0622. The highest BCUT2D eigenvalue weighted by Gasteiger charge is 2.18. The third-order valence-corrected chi connectivity index (χ3v) is 4.73. The molecule has 0 atom stereocenters. The number of likely N-dealkylation sites (N-methyl/N-ethyl adjacent to an activating group) is 1. The molecule has 2 aromatic heterocycles. The van der Waals surface area contributed by atoms with Gasteiger partial charge in [-0.2, -0.15) is 0 Å². The number of thiazole rings is 1. The molecule has 0 spiro atoms. The van der Waals surface area contributed by atoms with E-state index in [1.807, 2.05) is 19.1 Å². The van der Waals surface area contributed by atoms with Crippen molar-refractivity contribution in [3.05, 3.63) is 62.4 Å². The fourth-order valence-corrected chi connectivity index (χ4v) is 3.12. The lowest BCUT2D eigenvalue weighted by Gasteiger charge is -2.16. The van der Waals surface area contributed by atoms with Crippen LogP contribution < -0.4 is 5.63 Å². The van der Waals surface area contributed by atoms with E-state index in [0.29, 0.717) is 12.1 Å². The van der Waals surface area contributed by atoms with Crippen LogP contribution in [0.15, 0.2) is 45.1 Å². The summed E-state index contributed by atoms with van der Waals surface area (Å²) in [5.41, 5.74) is 2.73. The van der Waals surface area contributed by atoms with Gasteiger partial charge in [-0.15, -0.1) is 11.3 Å². The molecule has 3 rings (SSSR count). The first-order valence-corrected chi connectivity index (χ1v) is 8.11. The topological polar surface area (TPSA) is 63.4 Å². The molecule has 1 amide bonds. The van der Waals surface area contributed by atoms with Crippen molar-refractivity contribution in [2.45, 2.75) is 13.3 Å². The number of nitrogens with zero attached hydrogens (tertiary/aromatic N) is 2. The summed E-state index contributed by atoms with van der Waals surface area (Å²) < 4.78 is 5.22. The zero-order valence-electron chi connectivity index (χ0n) is 12.9. The summed E-state index contributed by atoms with van der Waals surface area (Å²) >= 11 is 1.57. The van der Waals surface area contributed by atoms with Crippen molar-refractivity contribution in [2.24, 2.45) is 0 Å². The minimum Gasteiger partial charge on any atom is -0.422 e. The van der Waals surface area contributed by atoms with Crippen molar-refractivity contribution in [1.82, 2.24) is 9.88 Å². The molecule has 0 bridgehead atoms. The van der Waals surface area contributed by atoms with Gasteiger partial charge in [0.15, 0.2) is 0 Å². The van der Waals surface area contributed by atoms with Crippen LogP contribution in [0.4, 0.5) is 0 Å². The number of fused-ring (bicyclic) bond motifs is 1. The Bertz CT molecular complexity index is 913. The molecular formula is C17H16N2O3S. The fraction of sp³-hybridized carbons (Fsp3) is 0.235. The monoisotopic (exact) mass is 328 g/mol. The summed E-state index contributed by atoms with van der Waals surface area (Å²) in [6.07, 6.45) is 0.720. The smallest absolute Gasteiger partial charge is 0.349 e. The molecule has 3 aromatic rings. The Kier molecular flexibility index (Phi) is 4.25. The van der Waals surface area contributed by atoms with Crippen LogP contribution in [-0.4, -0.2) is 29.4 Å². The van der Waals surface area contributed by atoms with Gasteiger partial charge in [-0.3, -0.25) is 4.79 Å². The normalized spacial score (nSPS) is 10.9. The molecule has 0 saturated carbocycles. The number of carbonyl (C=O) groups excluding carboxylic acids is 1. The quantitative estimate of drug-likeness (QED) is 0.691. The van der Waals surface area contributed by atoms with Crippen molar-refractivity contribution in [2.75, 3.05) is 13.6 Å². The lowest BCUT2D eigenvalue weighted by molar-refractivity contribution is 0.0793. The number of rotatable bonds is 4. The molecule has 23 heavy (non-hydrogen) atoms. The van der Waals surface area contributed by atoms with Crippen LogP contribution >= 0.6 is 11.3 Å². The summed E-state index contributed by atoms with van der Waals surface area (Å²) in [5, 5.41) is 0.738. The zero-order chi connectivity index (χ0) is 16.4. The maximum atomic E-state index is 12.5. The zero-order valence-corrected chi connectivity index (χ0v) is 13.7. The molecule has 0 saturated heterocycles. The average molecular weight is 328 g/mol. The first kappa shape index (κ1) is 15.4. The molecule has 2 heterocycles. The van der Waals surface area contributed by atoms with Crippen molar-refractivity contribution < 1.29 is 9.21 Å². The third-order valence-electron chi connectivity index (χ3n) is 3.74. The Morgan fingerprint density at radius 1 is 1.35 bits per heavy atom. The summed E-state index contributed by atoms with van der Waals surface area (Å²) in [5.74, 6) is -0.327. The number of aromatic nitrogens is 1. The van der Waals surface area contributed by atoms with Crippen LogP contribution in [0.5, 0.6) is 0 Å². The van der Waals surface area contributed by atoms with Gasteiger partial charge >= 0.3 is 5.63 Å². The van der Waals surface area contributed by atoms with Gasteiger partial charge in [-0.05, 0) is 19.1 Å². The van der Waals surface area contributed by atoms with Gasteiger partial charge in [0.05, 0.1) is 11.2 Å². The Balaban J connectivity index is 1.80. The molecule has 5 nitrogen and oxygen atoms in total. The first-order chi connectivity index (χ1) is 11.1. The SMILES string of the molecule is Cc1ncsc1CCN(C)C(=O)c1cc2ccccc2oc1=O. The summed E-state index contributed by atoms with van der Waals surface area (Å²) in [6, 6.07) is 8.75.